The maximum absolute atomic E-state index is 13.5. The van der Waals surface area contributed by atoms with Crippen LogP contribution in [0.5, 0.6) is 23.0 Å². The van der Waals surface area contributed by atoms with Crippen LogP contribution in [0, 0.1) is 6.92 Å². The number of benzene rings is 3. The van der Waals surface area contributed by atoms with Gasteiger partial charge in [-0.25, -0.2) is 0 Å². The summed E-state index contributed by atoms with van der Waals surface area (Å²) >= 11 is 0. The van der Waals surface area contributed by atoms with E-state index in [-0.39, 0.29) is 5.43 Å². The van der Waals surface area contributed by atoms with Crippen LogP contribution in [0.2, 0.25) is 0 Å². The van der Waals surface area contributed by atoms with Gasteiger partial charge >= 0.3 is 0 Å². The molecule has 1 aliphatic rings. The summed E-state index contributed by atoms with van der Waals surface area (Å²) in [6, 6.07) is 16.9. The van der Waals surface area contributed by atoms with Crippen LogP contribution in [0.25, 0.3) is 22.1 Å². The minimum absolute atomic E-state index is 0.0614. The molecular formula is C28H27NO6. The molecule has 0 spiro atoms. The highest BCUT2D eigenvalue weighted by atomic mass is 16.5. The molecular weight excluding hydrogens is 446 g/mol. The normalized spacial score (nSPS) is 13.3. The van der Waals surface area contributed by atoms with Crippen molar-refractivity contribution in [1.29, 1.82) is 0 Å². The molecule has 0 bridgehead atoms. The quantitative estimate of drug-likeness (QED) is 0.384. The van der Waals surface area contributed by atoms with Crippen molar-refractivity contribution in [3.05, 3.63) is 81.7 Å². The minimum atomic E-state index is -0.0614. The predicted molar refractivity (Wildman–Crippen MR) is 133 cm³/mol. The second-order valence-corrected chi connectivity index (χ2v) is 8.46. The van der Waals surface area contributed by atoms with E-state index in [1.165, 1.54) is 0 Å². The second-order valence-electron chi connectivity index (χ2n) is 8.46. The summed E-state index contributed by atoms with van der Waals surface area (Å²) in [7, 11) is 4.86. The van der Waals surface area contributed by atoms with Gasteiger partial charge in [0.15, 0.2) is 11.5 Å². The molecule has 1 aromatic heterocycles. The summed E-state index contributed by atoms with van der Waals surface area (Å²) in [6.45, 7) is 3.49. The van der Waals surface area contributed by atoms with Gasteiger partial charge in [-0.1, -0.05) is 18.2 Å². The molecule has 5 rings (SSSR count). The zero-order valence-corrected chi connectivity index (χ0v) is 20.2. The Labute approximate surface area is 203 Å². The standard InChI is InChI=1S/C28H27NO6/c1-17-26(19-6-8-20(31-2)9-7-19)27(30)21-10-12-23-22(28(21)35-17)15-29(16-34-23)14-18-5-11-24(32-3)25(13-18)33-4/h5-13H,14-16H2,1-4H3. The van der Waals surface area contributed by atoms with Crippen LogP contribution in [0.4, 0.5) is 0 Å². The van der Waals surface area contributed by atoms with Crippen LogP contribution in [0.15, 0.2) is 63.8 Å². The molecule has 180 valence electrons. The molecule has 0 amide bonds. The van der Waals surface area contributed by atoms with Gasteiger partial charge < -0.3 is 23.4 Å². The molecule has 0 fully saturated rings. The van der Waals surface area contributed by atoms with Gasteiger partial charge in [0.25, 0.3) is 0 Å². The van der Waals surface area contributed by atoms with Gasteiger partial charge in [-0.3, -0.25) is 9.69 Å². The fraction of sp³-hybridized carbons (Fsp3) is 0.250. The fourth-order valence-corrected chi connectivity index (χ4v) is 4.55. The first-order valence-corrected chi connectivity index (χ1v) is 11.3. The molecule has 3 aromatic carbocycles. The van der Waals surface area contributed by atoms with Crippen molar-refractivity contribution >= 4 is 11.0 Å². The van der Waals surface area contributed by atoms with Gasteiger partial charge in [0.1, 0.15) is 29.6 Å². The van der Waals surface area contributed by atoms with E-state index in [4.69, 9.17) is 23.4 Å². The average molecular weight is 474 g/mol. The average Bonchev–Trinajstić information content (AvgIpc) is 2.89. The number of nitrogens with zero attached hydrogens (tertiary/aromatic N) is 1. The Kier molecular flexibility index (Phi) is 6.09. The summed E-state index contributed by atoms with van der Waals surface area (Å²) < 4.78 is 28.3. The van der Waals surface area contributed by atoms with Crippen molar-refractivity contribution in [2.75, 3.05) is 28.1 Å². The van der Waals surface area contributed by atoms with Crippen LogP contribution >= 0.6 is 0 Å². The highest BCUT2D eigenvalue weighted by Crippen LogP contribution is 2.35. The Morgan fingerprint density at radius 2 is 1.69 bits per heavy atom. The summed E-state index contributed by atoms with van der Waals surface area (Å²) in [6.07, 6.45) is 0. The number of fused-ring (bicyclic) bond motifs is 3. The van der Waals surface area contributed by atoms with Crippen molar-refractivity contribution in [2.45, 2.75) is 20.0 Å². The van der Waals surface area contributed by atoms with Gasteiger partial charge in [0.2, 0.25) is 5.43 Å². The lowest BCUT2D eigenvalue weighted by atomic mass is 10.0. The van der Waals surface area contributed by atoms with Crippen molar-refractivity contribution in [2.24, 2.45) is 0 Å². The topological polar surface area (TPSA) is 70.4 Å². The van der Waals surface area contributed by atoms with Crippen molar-refractivity contribution in [3.8, 4) is 34.1 Å². The smallest absolute Gasteiger partial charge is 0.200 e. The Morgan fingerprint density at radius 3 is 2.40 bits per heavy atom. The number of hydrogen-bond acceptors (Lipinski definition) is 7. The monoisotopic (exact) mass is 473 g/mol. The third-order valence-electron chi connectivity index (χ3n) is 6.31. The Hall–Kier alpha value is -3.97. The van der Waals surface area contributed by atoms with Gasteiger partial charge in [0.05, 0.1) is 37.8 Å². The van der Waals surface area contributed by atoms with Crippen LogP contribution in [-0.2, 0) is 13.1 Å². The molecule has 1 aliphatic heterocycles. The van der Waals surface area contributed by atoms with E-state index < -0.39 is 0 Å². The Morgan fingerprint density at radius 1 is 0.914 bits per heavy atom. The number of aryl methyl sites for hydroxylation is 1. The van der Waals surface area contributed by atoms with E-state index in [0.717, 1.165) is 28.2 Å². The summed E-state index contributed by atoms with van der Waals surface area (Å²) in [5.41, 5.74) is 3.79. The molecule has 0 saturated carbocycles. The highest BCUT2D eigenvalue weighted by molar-refractivity contribution is 5.86. The number of methoxy groups -OCH3 is 3. The largest absolute Gasteiger partial charge is 0.497 e. The zero-order valence-electron chi connectivity index (χ0n) is 20.2. The van der Waals surface area contributed by atoms with Crippen LogP contribution in [-0.4, -0.2) is 33.0 Å². The molecule has 7 nitrogen and oxygen atoms in total. The first-order valence-electron chi connectivity index (χ1n) is 11.3. The lowest BCUT2D eigenvalue weighted by Crippen LogP contribution is -2.31. The number of rotatable bonds is 6. The minimum Gasteiger partial charge on any atom is -0.497 e. The first-order chi connectivity index (χ1) is 17.0. The first kappa shape index (κ1) is 22.8. The van der Waals surface area contributed by atoms with E-state index in [1.807, 2.05) is 55.5 Å². The predicted octanol–water partition coefficient (Wildman–Crippen LogP) is 5.15. The molecule has 0 N–H and O–H groups in total. The van der Waals surface area contributed by atoms with E-state index in [1.54, 1.807) is 27.4 Å². The third-order valence-corrected chi connectivity index (χ3v) is 6.31. The molecule has 0 atom stereocenters. The lowest BCUT2D eigenvalue weighted by Gasteiger charge is -2.29. The van der Waals surface area contributed by atoms with Crippen LogP contribution in [0.1, 0.15) is 16.9 Å². The van der Waals surface area contributed by atoms with Gasteiger partial charge in [-0.2, -0.15) is 0 Å². The third kappa shape index (κ3) is 4.19. The maximum atomic E-state index is 13.5. The summed E-state index contributed by atoms with van der Waals surface area (Å²) in [5, 5.41) is 0.539. The SMILES string of the molecule is COc1ccc(-c2c(C)oc3c4c(ccc3c2=O)OCN(Cc2ccc(OC)c(OC)c2)C4)cc1. The molecule has 7 heteroatoms. The summed E-state index contributed by atoms with van der Waals surface area (Å²) in [4.78, 5) is 15.7. The van der Waals surface area contributed by atoms with Crippen molar-refractivity contribution in [3.63, 3.8) is 0 Å². The van der Waals surface area contributed by atoms with Crippen molar-refractivity contribution < 1.29 is 23.4 Å². The van der Waals surface area contributed by atoms with E-state index in [9.17, 15) is 4.79 Å². The van der Waals surface area contributed by atoms with Gasteiger partial charge in [0, 0.05) is 13.1 Å². The molecule has 2 heterocycles. The van der Waals surface area contributed by atoms with Crippen LogP contribution in [0.3, 0.4) is 0 Å². The van der Waals surface area contributed by atoms with Crippen LogP contribution < -0.4 is 24.4 Å². The Balaban J connectivity index is 1.49. The van der Waals surface area contributed by atoms with E-state index in [2.05, 4.69) is 4.90 Å². The van der Waals surface area contributed by atoms with E-state index >= 15 is 0 Å². The molecule has 0 radical (unpaired) electrons. The van der Waals surface area contributed by atoms with Crippen molar-refractivity contribution in [1.82, 2.24) is 4.90 Å². The highest BCUT2D eigenvalue weighted by Gasteiger charge is 2.24. The molecule has 35 heavy (non-hydrogen) atoms. The number of hydrogen-bond donors (Lipinski definition) is 0. The number of ether oxygens (including phenoxy) is 4. The maximum Gasteiger partial charge on any atom is 0.200 e. The molecule has 0 unspecified atom stereocenters. The zero-order chi connectivity index (χ0) is 24.5. The van der Waals surface area contributed by atoms with Gasteiger partial charge in [-0.05, 0) is 54.4 Å². The molecule has 0 saturated heterocycles. The molecule has 4 aromatic rings. The lowest BCUT2D eigenvalue weighted by molar-refractivity contribution is 0.0889. The second kappa shape index (κ2) is 9.35. The fourth-order valence-electron chi connectivity index (χ4n) is 4.55. The van der Waals surface area contributed by atoms with E-state index in [0.29, 0.717) is 53.6 Å². The Bertz CT molecular complexity index is 1440. The summed E-state index contributed by atoms with van der Waals surface area (Å²) in [5.74, 6) is 3.41. The van der Waals surface area contributed by atoms with Gasteiger partial charge in [-0.15, -0.1) is 0 Å². The molecule has 0 aliphatic carbocycles.